The van der Waals surface area contributed by atoms with E-state index in [-0.39, 0.29) is 17.7 Å². The fraction of sp³-hybridized carbons (Fsp3) is 0.941. The molecule has 132 valence electrons. The molecule has 2 amide bonds. The van der Waals surface area contributed by atoms with Gasteiger partial charge in [0.1, 0.15) is 0 Å². The van der Waals surface area contributed by atoms with Crippen molar-refractivity contribution in [3.05, 3.63) is 0 Å². The van der Waals surface area contributed by atoms with Crippen molar-refractivity contribution in [2.45, 2.75) is 43.8 Å². The number of likely N-dealkylation sites (tertiary alicyclic amines) is 1. The molecule has 3 saturated heterocycles. The molecule has 23 heavy (non-hydrogen) atoms. The molecule has 3 aliphatic heterocycles. The number of piperidine rings is 1. The lowest BCUT2D eigenvalue weighted by molar-refractivity contribution is -0.0419. The number of nitrogens with zero attached hydrogens (tertiary/aromatic N) is 2. The monoisotopic (exact) mass is 326 g/mol. The zero-order valence-electron chi connectivity index (χ0n) is 14.5. The summed E-state index contributed by atoms with van der Waals surface area (Å²) in [6.07, 6.45) is 5.25. The fourth-order valence-electron chi connectivity index (χ4n) is 3.83. The molecule has 0 aromatic rings. The Morgan fingerprint density at radius 1 is 1.26 bits per heavy atom. The quantitative estimate of drug-likeness (QED) is 0.793. The zero-order chi connectivity index (χ0) is 16.3. The number of hydrogen-bond donors (Lipinski definition) is 0. The summed E-state index contributed by atoms with van der Waals surface area (Å²) in [5.41, 5.74) is -0.0660. The van der Waals surface area contributed by atoms with E-state index in [1.807, 2.05) is 4.90 Å². The maximum absolute atomic E-state index is 12.0. The first kappa shape index (κ1) is 17.0. The molecular weight excluding hydrogens is 296 g/mol. The third-order valence-electron chi connectivity index (χ3n) is 5.41. The Morgan fingerprint density at radius 2 is 1.96 bits per heavy atom. The molecule has 3 aliphatic rings. The third kappa shape index (κ3) is 4.17. The van der Waals surface area contributed by atoms with Crippen LogP contribution < -0.4 is 0 Å². The van der Waals surface area contributed by atoms with Gasteiger partial charge in [0.25, 0.3) is 0 Å². The molecule has 6 heteroatoms. The van der Waals surface area contributed by atoms with E-state index in [1.54, 1.807) is 19.0 Å². The van der Waals surface area contributed by atoms with Crippen LogP contribution in [0.25, 0.3) is 0 Å². The van der Waals surface area contributed by atoms with E-state index in [4.69, 9.17) is 14.2 Å². The van der Waals surface area contributed by atoms with Gasteiger partial charge in [0.05, 0.1) is 24.9 Å². The topological polar surface area (TPSA) is 51.2 Å². The Hall–Kier alpha value is -0.850. The van der Waals surface area contributed by atoms with Crippen LogP contribution in [-0.2, 0) is 14.2 Å². The second kappa shape index (κ2) is 7.36. The Labute approximate surface area is 139 Å². The average molecular weight is 326 g/mol. The van der Waals surface area contributed by atoms with Crippen molar-refractivity contribution >= 4 is 6.03 Å². The second-order valence-electron chi connectivity index (χ2n) is 7.37. The third-order valence-corrected chi connectivity index (χ3v) is 5.41. The van der Waals surface area contributed by atoms with Gasteiger partial charge < -0.3 is 24.0 Å². The molecule has 3 heterocycles. The molecule has 0 aliphatic carbocycles. The molecule has 0 bridgehead atoms. The highest BCUT2D eigenvalue weighted by atomic mass is 16.6. The lowest BCUT2D eigenvalue weighted by Gasteiger charge is -2.39. The van der Waals surface area contributed by atoms with Crippen molar-refractivity contribution in [1.29, 1.82) is 0 Å². The Bertz CT molecular complexity index is 401. The van der Waals surface area contributed by atoms with E-state index >= 15 is 0 Å². The lowest BCUT2D eigenvalue weighted by Crippen LogP contribution is -2.49. The highest BCUT2D eigenvalue weighted by Crippen LogP contribution is 2.37. The largest absolute Gasteiger partial charge is 0.381 e. The Kier molecular flexibility index (Phi) is 5.44. The molecule has 0 saturated carbocycles. The zero-order valence-corrected chi connectivity index (χ0v) is 14.5. The number of ether oxygens (including phenoxy) is 3. The first-order chi connectivity index (χ1) is 11.1. The average Bonchev–Trinajstić information content (AvgIpc) is 2.97. The molecule has 0 radical (unpaired) electrons. The van der Waals surface area contributed by atoms with Gasteiger partial charge in [0.2, 0.25) is 0 Å². The van der Waals surface area contributed by atoms with Crippen molar-refractivity contribution in [3.63, 3.8) is 0 Å². The van der Waals surface area contributed by atoms with E-state index < -0.39 is 0 Å². The van der Waals surface area contributed by atoms with E-state index in [0.717, 1.165) is 65.0 Å². The molecule has 1 spiro atoms. The first-order valence-electron chi connectivity index (χ1n) is 8.87. The Morgan fingerprint density at radius 3 is 2.61 bits per heavy atom. The summed E-state index contributed by atoms with van der Waals surface area (Å²) >= 11 is 0. The molecule has 3 rings (SSSR count). The summed E-state index contributed by atoms with van der Waals surface area (Å²) in [6.45, 7) is 4.83. The van der Waals surface area contributed by atoms with Crippen molar-refractivity contribution in [2.24, 2.45) is 5.92 Å². The van der Waals surface area contributed by atoms with Crippen LogP contribution in [0.4, 0.5) is 4.79 Å². The standard InChI is InChI=1S/C17H30N2O4/c1-18(2)16(20)19-7-5-17(6-8-19)11-15(13-23-17)22-12-14-3-9-21-10-4-14/h14-15H,3-13H2,1-2H3/t15-/m0/s1. The lowest BCUT2D eigenvalue weighted by atomic mass is 9.88. The van der Waals surface area contributed by atoms with Crippen molar-refractivity contribution < 1.29 is 19.0 Å². The minimum Gasteiger partial charge on any atom is -0.381 e. The summed E-state index contributed by atoms with van der Waals surface area (Å²) in [6, 6.07) is 0.102. The van der Waals surface area contributed by atoms with E-state index in [1.165, 1.54) is 0 Å². The molecule has 0 unspecified atom stereocenters. The van der Waals surface area contributed by atoms with Gasteiger partial charge in [-0.05, 0) is 31.6 Å². The summed E-state index contributed by atoms with van der Waals surface area (Å²) in [7, 11) is 3.61. The van der Waals surface area contributed by atoms with E-state index in [2.05, 4.69) is 0 Å². The number of carbonyl (C=O) groups is 1. The van der Waals surface area contributed by atoms with Gasteiger partial charge in [0.15, 0.2) is 0 Å². The molecule has 0 N–H and O–H groups in total. The molecule has 1 atom stereocenters. The summed E-state index contributed by atoms with van der Waals surface area (Å²) in [5.74, 6) is 0.639. The highest BCUT2D eigenvalue weighted by Gasteiger charge is 2.44. The molecule has 3 fully saturated rings. The van der Waals surface area contributed by atoms with Crippen LogP contribution in [0.1, 0.15) is 32.1 Å². The normalized spacial score (nSPS) is 28.3. The van der Waals surface area contributed by atoms with Crippen molar-refractivity contribution in [2.75, 3.05) is 53.6 Å². The highest BCUT2D eigenvalue weighted by molar-refractivity contribution is 5.73. The van der Waals surface area contributed by atoms with Gasteiger partial charge in [-0.15, -0.1) is 0 Å². The smallest absolute Gasteiger partial charge is 0.319 e. The Balaban J connectivity index is 1.42. The SMILES string of the molecule is CN(C)C(=O)N1CCC2(CC1)C[C@H](OCC1CCOCC1)CO2. The van der Waals surface area contributed by atoms with Gasteiger partial charge in [-0.2, -0.15) is 0 Å². The van der Waals surface area contributed by atoms with Crippen LogP contribution in [0.3, 0.4) is 0 Å². The van der Waals surface area contributed by atoms with Gasteiger partial charge in [-0.25, -0.2) is 4.79 Å². The second-order valence-corrected chi connectivity index (χ2v) is 7.37. The van der Waals surface area contributed by atoms with Gasteiger partial charge in [-0.3, -0.25) is 0 Å². The summed E-state index contributed by atoms with van der Waals surface area (Å²) < 4.78 is 17.6. The van der Waals surface area contributed by atoms with Crippen LogP contribution in [0, 0.1) is 5.92 Å². The molecule has 0 aromatic heterocycles. The summed E-state index contributed by atoms with van der Waals surface area (Å²) in [4.78, 5) is 15.6. The fourth-order valence-corrected chi connectivity index (χ4v) is 3.83. The number of hydrogen-bond acceptors (Lipinski definition) is 4. The predicted octanol–water partition coefficient (Wildman–Crippen LogP) is 1.73. The van der Waals surface area contributed by atoms with Crippen LogP contribution >= 0.6 is 0 Å². The minimum absolute atomic E-state index is 0.0660. The summed E-state index contributed by atoms with van der Waals surface area (Å²) in [5, 5.41) is 0. The molecule has 6 nitrogen and oxygen atoms in total. The van der Waals surface area contributed by atoms with Crippen LogP contribution in [0.5, 0.6) is 0 Å². The molecule has 0 aromatic carbocycles. The van der Waals surface area contributed by atoms with Gasteiger partial charge in [-0.1, -0.05) is 0 Å². The van der Waals surface area contributed by atoms with Gasteiger partial charge >= 0.3 is 6.03 Å². The van der Waals surface area contributed by atoms with E-state index in [9.17, 15) is 4.79 Å². The van der Waals surface area contributed by atoms with Crippen LogP contribution in [0.2, 0.25) is 0 Å². The number of carbonyl (C=O) groups excluding carboxylic acids is 1. The minimum atomic E-state index is -0.0660. The molecular formula is C17H30N2O4. The maximum atomic E-state index is 12.0. The van der Waals surface area contributed by atoms with Crippen LogP contribution in [0.15, 0.2) is 0 Å². The number of amides is 2. The first-order valence-corrected chi connectivity index (χ1v) is 8.87. The van der Waals surface area contributed by atoms with Crippen molar-refractivity contribution in [1.82, 2.24) is 9.80 Å². The van der Waals surface area contributed by atoms with Crippen LogP contribution in [-0.4, -0.2) is 81.1 Å². The van der Waals surface area contributed by atoms with E-state index in [0.29, 0.717) is 12.5 Å². The predicted molar refractivity (Wildman–Crippen MR) is 86.5 cm³/mol. The maximum Gasteiger partial charge on any atom is 0.319 e. The van der Waals surface area contributed by atoms with Crippen molar-refractivity contribution in [3.8, 4) is 0 Å². The number of urea groups is 1. The number of rotatable bonds is 3. The van der Waals surface area contributed by atoms with Gasteiger partial charge in [0, 0.05) is 46.8 Å².